The van der Waals surface area contributed by atoms with Crippen molar-refractivity contribution in [2.45, 2.75) is 26.8 Å². The van der Waals surface area contributed by atoms with E-state index in [1.807, 2.05) is 13.8 Å². The van der Waals surface area contributed by atoms with Gasteiger partial charge in [0.05, 0.1) is 55.3 Å². The first-order valence-electron chi connectivity index (χ1n) is 12.3. The maximum absolute atomic E-state index is 13.9. The molecule has 3 aromatic rings. The number of fused-ring (bicyclic) bond motifs is 1. The van der Waals surface area contributed by atoms with Crippen LogP contribution in [0.2, 0.25) is 0 Å². The van der Waals surface area contributed by atoms with Gasteiger partial charge in [0.25, 0.3) is 5.56 Å². The lowest BCUT2D eigenvalue weighted by molar-refractivity contribution is -0.140. The van der Waals surface area contributed by atoms with E-state index < -0.39 is 18.0 Å². The van der Waals surface area contributed by atoms with Crippen LogP contribution in [0.25, 0.3) is 6.08 Å². The van der Waals surface area contributed by atoms with Crippen molar-refractivity contribution in [2.24, 2.45) is 10.9 Å². The van der Waals surface area contributed by atoms with E-state index in [4.69, 9.17) is 18.9 Å². The average molecular weight is 551 g/mol. The van der Waals surface area contributed by atoms with Gasteiger partial charge in [-0.2, -0.15) is 0 Å². The van der Waals surface area contributed by atoms with Crippen LogP contribution in [0.3, 0.4) is 0 Å². The number of hydrogen-bond acceptors (Lipinski definition) is 9. The Hall–Kier alpha value is -4.18. The Labute approximate surface area is 229 Å². The molecule has 39 heavy (non-hydrogen) atoms. The lowest BCUT2D eigenvalue weighted by Crippen LogP contribution is -2.40. The molecule has 2 heterocycles. The van der Waals surface area contributed by atoms with Crippen LogP contribution in [-0.2, 0) is 14.3 Å². The molecule has 4 rings (SSSR count). The van der Waals surface area contributed by atoms with E-state index in [0.717, 1.165) is 0 Å². The molecule has 1 atom stereocenters. The minimum atomic E-state index is -0.799. The summed E-state index contributed by atoms with van der Waals surface area (Å²) in [6, 6.07) is 11.1. The maximum Gasteiger partial charge on any atom is 0.338 e. The number of methoxy groups -OCH3 is 3. The molecule has 2 aromatic carbocycles. The third-order valence-corrected chi connectivity index (χ3v) is 7.15. The highest BCUT2D eigenvalue weighted by molar-refractivity contribution is 7.07. The lowest BCUT2D eigenvalue weighted by atomic mass is 9.95. The number of allylic oxidation sites excluding steroid dienone is 1. The normalized spacial score (nSPS) is 15.1. The quantitative estimate of drug-likeness (QED) is 0.397. The Morgan fingerprint density at radius 3 is 2.38 bits per heavy atom. The van der Waals surface area contributed by atoms with E-state index in [0.29, 0.717) is 43.2 Å². The van der Waals surface area contributed by atoms with Gasteiger partial charge in [0, 0.05) is 11.6 Å². The van der Waals surface area contributed by atoms with Gasteiger partial charge in [0.2, 0.25) is 0 Å². The predicted octanol–water partition coefficient (Wildman–Crippen LogP) is 3.24. The van der Waals surface area contributed by atoms with Gasteiger partial charge in [-0.05, 0) is 48.7 Å². The molecular weight excluding hydrogens is 520 g/mol. The largest absolute Gasteiger partial charge is 0.497 e. The topological polar surface area (TPSA) is 105 Å². The van der Waals surface area contributed by atoms with E-state index in [1.54, 1.807) is 69.7 Å². The molecule has 0 fully saturated rings. The van der Waals surface area contributed by atoms with E-state index in [9.17, 15) is 14.4 Å². The summed E-state index contributed by atoms with van der Waals surface area (Å²) in [5.41, 5.74) is 2.08. The number of nitrogens with zero attached hydrogens (tertiary/aromatic N) is 2. The van der Waals surface area contributed by atoms with Gasteiger partial charge in [-0.3, -0.25) is 9.36 Å². The van der Waals surface area contributed by atoms with E-state index in [2.05, 4.69) is 4.99 Å². The van der Waals surface area contributed by atoms with Crippen LogP contribution in [0.1, 0.15) is 48.3 Å². The number of thiazole rings is 1. The van der Waals surface area contributed by atoms with Crippen molar-refractivity contribution in [3.05, 3.63) is 90.1 Å². The zero-order chi connectivity index (χ0) is 28.3. The molecule has 0 spiro atoms. The number of rotatable bonds is 8. The van der Waals surface area contributed by atoms with Crippen molar-refractivity contribution in [1.82, 2.24) is 4.57 Å². The monoisotopic (exact) mass is 550 g/mol. The molecule has 0 aliphatic carbocycles. The predicted molar refractivity (Wildman–Crippen MR) is 147 cm³/mol. The fraction of sp³-hybridized carbons (Fsp3) is 0.310. The zero-order valence-corrected chi connectivity index (χ0v) is 23.5. The minimum Gasteiger partial charge on any atom is -0.497 e. The minimum absolute atomic E-state index is 0.133. The second-order valence-corrected chi connectivity index (χ2v) is 10.3. The third-order valence-electron chi connectivity index (χ3n) is 6.16. The summed E-state index contributed by atoms with van der Waals surface area (Å²) in [5.74, 6) is 0.277. The second-order valence-electron chi connectivity index (χ2n) is 9.30. The molecule has 0 saturated heterocycles. The van der Waals surface area contributed by atoms with Crippen LogP contribution in [0, 0.1) is 5.92 Å². The van der Waals surface area contributed by atoms with Crippen LogP contribution in [0.15, 0.2) is 63.5 Å². The van der Waals surface area contributed by atoms with Crippen LogP contribution >= 0.6 is 11.3 Å². The van der Waals surface area contributed by atoms with Gasteiger partial charge in [-0.1, -0.05) is 37.3 Å². The fourth-order valence-corrected chi connectivity index (χ4v) is 5.25. The molecular formula is C29H30N2O7S. The van der Waals surface area contributed by atoms with Gasteiger partial charge in [-0.25, -0.2) is 14.6 Å². The number of ether oxygens (including phenoxy) is 4. The smallest absolute Gasteiger partial charge is 0.338 e. The van der Waals surface area contributed by atoms with E-state index in [1.165, 1.54) is 23.0 Å². The highest BCUT2D eigenvalue weighted by atomic mass is 32.1. The molecule has 10 heteroatoms. The van der Waals surface area contributed by atoms with Crippen molar-refractivity contribution in [2.75, 3.05) is 27.9 Å². The van der Waals surface area contributed by atoms with Crippen molar-refractivity contribution in [1.29, 1.82) is 0 Å². The summed E-state index contributed by atoms with van der Waals surface area (Å²) in [6.45, 7) is 5.84. The number of hydrogen-bond donors (Lipinski definition) is 0. The zero-order valence-electron chi connectivity index (χ0n) is 22.6. The molecule has 0 radical (unpaired) electrons. The highest BCUT2D eigenvalue weighted by Crippen LogP contribution is 2.31. The SMILES string of the molecule is COC(=O)c1ccc(C2C(C(=O)OCC(C)C)=C(C)N=c3sc(=Cc4ccc(OC)cc4OC)c(=O)n32)cc1. The van der Waals surface area contributed by atoms with Crippen LogP contribution in [0.4, 0.5) is 0 Å². The van der Waals surface area contributed by atoms with Gasteiger partial charge in [0.1, 0.15) is 11.5 Å². The average Bonchev–Trinajstić information content (AvgIpc) is 3.24. The molecule has 1 aromatic heterocycles. The van der Waals surface area contributed by atoms with Crippen molar-refractivity contribution in [3.63, 3.8) is 0 Å². The number of esters is 2. The van der Waals surface area contributed by atoms with E-state index in [-0.39, 0.29) is 23.7 Å². The molecule has 204 valence electrons. The van der Waals surface area contributed by atoms with Crippen molar-refractivity contribution < 1.29 is 28.5 Å². The summed E-state index contributed by atoms with van der Waals surface area (Å²) < 4.78 is 23.1. The Morgan fingerprint density at radius 1 is 1.05 bits per heavy atom. The van der Waals surface area contributed by atoms with Gasteiger partial charge < -0.3 is 18.9 Å². The maximum atomic E-state index is 13.9. The van der Waals surface area contributed by atoms with Gasteiger partial charge >= 0.3 is 11.9 Å². The Morgan fingerprint density at radius 2 is 1.77 bits per heavy atom. The third kappa shape index (κ3) is 5.65. The van der Waals surface area contributed by atoms with Crippen LogP contribution in [0.5, 0.6) is 11.5 Å². The fourth-order valence-electron chi connectivity index (χ4n) is 4.22. The van der Waals surface area contributed by atoms with E-state index >= 15 is 0 Å². The first kappa shape index (κ1) is 27.8. The summed E-state index contributed by atoms with van der Waals surface area (Å²) >= 11 is 1.21. The van der Waals surface area contributed by atoms with Gasteiger partial charge in [0.15, 0.2) is 4.80 Å². The molecule has 1 aliphatic rings. The first-order valence-corrected chi connectivity index (χ1v) is 13.1. The summed E-state index contributed by atoms with van der Waals surface area (Å²) in [5, 5.41) is 0. The van der Waals surface area contributed by atoms with Gasteiger partial charge in [-0.15, -0.1) is 0 Å². The standard InChI is InChI=1S/C29H30N2O7S/c1-16(2)15-38-28(34)24-17(3)30-29-31(25(24)18-7-9-19(10-8-18)27(33)37-6)26(32)23(39-29)13-20-11-12-21(35-4)14-22(20)36-5/h7-14,16,25H,15H2,1-6H3. The Kier molecular flexibility index (Phi) is 8.35. The van der Waals surface area contributed by atoms with Crippen LogP contribution in [-0.4, -0.2) is 44.4 Å². The van der Waals surface area contributed by atoms with Crippen molar-refractivity contribution >= 4 is 29.4 Å². The lowest BCUT2D eigenvalue weighted by Gasteiger charge is -2.25. The molecule has 9 nitrogen and oxygen atoms in total. The molecule has 1 unspecified atom stereocenters. The summed E-state index contributed by atoms with van der Waals surface area (Å²) in [4.78, 5) is 44.2. The summed E-state index contributed by atoms with van der Waals surface area (Å²) in [6.07, 6.45) is 1.73. The number of benzene rings is 2. The second kappa shape index (κ2) is 11.7. The molecule has 0 bridgehead atoms. The number of aromatic nitrogens is 1. The number of carbonyl (C=O) groups is 2. The molecule has 0 N–H and O–H groups in total. The molecule has 1 aliphatic heterocycles. The van der Waals surface area contributed by atoms with Crippen LogP contribution < -0.4 is 24.4 Å². The Bertz CT molecular complexity index is 1610. The highest BCUT2D eigenvalue weighted by Gasteiger charge is 2.33. The number of carbonyl (C=O) groups excluding carboxylic acids is 2. The molecule has 0 amide bonds. The summed E-state index contributed by atoms with van der Waals surface area (Å²) in [7, 11) is 4.42. The first-order chi connectivity index (χ1) is 18.7. The molecule has 0 saturated carbocycles. The Balaban J connectivity index is 1.90. The van der Waals surface area contributed by atoms with Crippen molar-refractivity contribution in [3.8, 4) is 11.5 Å².